The molecule has 2 rings (SSSR count). The van der Waals surface area contributed by atoms with Crippen LogP contribution < -0.4 is 14.8 Å². The molecule has 0 aromatic heterocycles. The minimum absolute atomic E-state index is 0.186. The second kappa shape index (κ2) is 8.60. The second-order valence-corrected chi connectivity index (χ2v) is 5.78. The molecule has 2 aromatic carbocycles. The zero-order chi connectivity index (χ0) is 17.5. The molecular weight excluding hydrogens is 326 g/mol. The molecule has 0 bridgehead atoms. The number of ether oxygens (including phenoxy) is 2. The number of aryl methyl sites for hydroxylation is 1. The van der Waals surface area contributed by atoms with E-state index < -0.39 is 6.10 Å². The number of carbonyl (C=O) groups is 1. The van der Waals surface area contributed by atoms with E-state index in [2.05, 4.69) is 5.32 Å². The molecule has 0 saturated heterocycles. The van der Waals surface area contributed by atoms with Crippen LogP contribution in [0.25, 0.3) is 0 Å². The fraction of sp³-hybridized carbons (Fsp3) is 0.316. The predicted molar refractivity (Wildman–Crippen MR) is 97.1 cm³/mol. The molecule has 0 radical (unpaired) electrons. The lowest BCUT2D eigenvalue weighted by Crippen LogP contribution is -2.32. The van der Waals surface area contributed by atoms with Crippen molar-refractivity contribution in [1.82, 2.24) is 0 Å². The third-order valence-corrected chi connectivity index (χ3v) is 3.93. The van der Waals surface area contributed by atoms with Crippen LogP contribution >= 0.6 is 11.6 Å². The number of rotatable bonds is 7. The van der Waals surface area contributed by atoms with E-state index in [1.54, 1.807) is 12.1 Å². The Kier molecular flexibility index (Phi) is 6.50. The molecule has 5 heteroatoms. The number of anilines is 1. The maximum Gasteiger partial charge on any atom is 0.265 e. The van der Waals surface area contributed by atoms with Gasteiger partial charge in [-0.3, -0.25) is 4.79 Å². The highest BCUT2D eigenvalue weighted by Gasteiger charge is 2.18. The number of hydrogen-bond acceptors (Lipinski definition) is 3. The van der Waals surface area contributed by atoms with Crippen molar-refractivity contribution < 1.29 is 14.3 Å². The summed E-state index contributed by atoms with van der Waals surface area (Å²) in [6.45, 7) is 6.34. The van der Waals surface area contributed by atoms with Crippen LogP contribution in [-0.2, 0) is 4.79 Å². The van der Waals surface area contributed by atoms with Gasteiger partial charge in [-0.05, 0) is 68.3 Å². The molecule has 24 heavy (non-hydrogen) atoms. The minimum Gasteiger partial charge on any atom is -0.494 e. The molecule has 1 amide bonds. The molecule has 128 valence electrons. The molecule has 0 heterocycles. The summed E-state index contributed by atoms with van der Waals surface area (Å²) in [7, 11) is 0. The largest absolute Gasteiger partial charge is 0.494 e. The van der Waals surface area contributed by atoms with Crippen LogP contribution in [0.4, 0.5) is 5.69 Å². The summed E-state index contributed by atoms with van der Waals surface area (Å²) in [6, 6.07) is 12.6. The second-order valence-electron chi connectivity index (χ2n) is 5.37. The van der Waals surface area contributed by atoms with E-state index in [-0.39, 0.29) is 5.91 Å². The Morgan fingerprint density at radius 3 is 2.38 bits per heavy atom. The van der Waals surface area contributed by atoms with E-state index in [0.29, 0.717) is 29.5 Å². The third kappa shape index (κ3) is 4.90. The number of benzene rings is 2. The van der Waals surface area contributed by atoms with Gasteiger partial charge < -0.3 is 14.8 Å². The maximum atomic E-state index is 12.4. The molecule has 1 atom stereocenters. The molecular formula is C19H22ClNO3. The van der Waals surface area contributed by atoms with Gasteiger partial charge in [-0.25, -0.2) is 0 Å². The van der Waals surface area contributed by atoms with Crippen molar-refractivity contribution in [3.8, 4) is 11.5 Å². The lowest BCUT2D eigenvalue weighted by Gasteiger charge is -2.18. The van der Waals surface area contributed by atoms with Crippen LogP contribution in [0.2, 0.25) is 5.02 Å². The molecule has 0 saturated carbocycles. The van der Waals surface area contributed by atoms with Gasteiger partial charge in [0.15, 0.2) is 6.10 Å². The van der Waals surface area contributed by atoms with Crippen molar-refractivity contribution in [1.29, 1.82) is 0 Å². The van der Waals surface area contributed by atoms with Gasteiger partial charge in [-0.2, -0.15) is 0 Å². The number of carbonyl (C=O) groups excluding carboxylic acids is 1. The normalized spacial score (nSPS) is 11.7. The first-order valence-electron chi connectivity index (χ1n) is 8.00. The van der Waals surface area contributed by atoms with Crippen LogP contribution in [0.15, 0.2) is 42.5 Å². The smallest absolute Gasteiger partial charge is 0.265 e. The van der Waals surface area contributed by atoms with Crippen LogP contribution in [0.3, 0.4) is 0 Å². The minimum atomic E-state index is -0.572. The van der Waals surface area contributed by atoms with Crippen LogP contribution in [-0.4, -0.2) is 18.6 Å². The molecule has 0 aliphatic heterocycles. The first-order chi connectivity index (χ1) is 11.5. The molecule has 2 aromatic rings. The quantitative estimate of drug-likeness (QED) is 0.779. The fourth-order valence-electron chi connectivity index (χ4n) is 2.20. The van der Waals surface area contributed by atoms with Gasteiger partial charge in [0.1, 0.15) is 11.5 Å². The Morgan fingerprint density at radius 2 is 1.79 bits per heavy atom. The monoisotopic (exact) mass is 347 g/mol. The first kappa shape index (κ1) is 18.1. The highest BCUT2D eigenvalue weighted by molar-refractivity contribution is 6.31. The fourth-order valence-corrected chi connectivity index (χ4v) is 2.32. The average Bonchev–Trinajstić information content (AvgIpc) is 2.57. The van der Waals surface area contributed by atoms with Crippen LogP contribution in [0.5, 0.6) is 11.5 Å². The van der Waals surface area contributed by atoms with Gasteiger partial charge >= 0.3 is 0 Å². The molecule has 4 nitrogen and oxygen atoms in total. The Morgan fingerprint density at radius 1 is 1.12 bits per heavy atom. The Hall–Kier alpha value is -2.20. The van der Waals surface area contributed by atoms with Crippen molar-refractivity contribution in [2.45, 2.75) is 33.3 Å². The molecule has 0 aliphatic carbocycles. The Balaban J connectivity index is 2.01. The van der Waals surface area contributed by atoms with Crippen molar-refractivity contribution in [2.75, 3.05) is 11.9 Å². The first-order valence-corrected chi connectivity index (χ1v) is 8.37. The summed E-state index contributed by atoms with van der Waals surface area (Å²) >= 11 is 6.01. The standard InChI is InChI=1S/C19H22ClNO3/c1-4-18(24-16-10-11-17(20)13(3)12-16)19(22)21-14-6-8-15(9-7-14)23-5-2/h6-12,18H,4-5H2,1-3H3,(H,21,22). The highest BCUT2D eigenvalue weighted by atomic mass is 35.5. The summed E-state index contributed by atoms with van der Waals surface area (Å²) in [6.07, 6.45) is -0.0120. The van der Waals surface area contributed by atoms with Gasteiger partial charge in [0.05, 0.1) is 6.61 Å². The Labute approximate surface area is 147 Å². The Bertz CT molecular complexity index is 686. The van der Waals surface area contributed by atoms with Crippen molar-refractivity contribution >= 4 is 23.2 Å². The summed E-state index contributed by atoms with van der Waals surface area (Å²) in [4.78, 5) is 12.4. The topological polar surface area (TPSA) is 47.6 Å². The SMILES string of the molecule is CCOc1ccc(NC(=O)C(CC)Oc2ccc(Cl)c(C)c2)cc1. The van der Waals surface area contributed by atoms with Crippen molar-refractivity contribution in [3.05, 3.63) is 53.1 Å². The van der Waals surface area contributed by atoms with Gasteiger partial charge in [-0.15, -0.1) is 0 Å². The number of halogens is 1. The maximum absolute atomic E-state index is 12.4. The van der Waals surface area contributed by atoms with E-state index in [1.807, 2.05) is 51.1 Å². The third-order valence-electron chi connectivity index (χ3n) is 3.50. The average molecular weight is 348 g/mol. The van der Waals surface area contributed by atoms with E-state index in [4.69, 9.17) is 21.1 Å². The van der Waals surface area contributed by atoms with Crippen LogP contribution in [0, 0.1) is 6.92 Å². The number of amides is 1. The number of nitrogens with one attached hydrogen (secondary N) is 1. The van der Waals surface area contributed by atoms with Crippen LogP contribution in [0.1, 0.15) is 25.8 Å². The zero-order valence-electron chi connectivity index (χ0n) is 14.1. The molecule has 0 spiro atoms. The van der Waals surface area contributed by atoms with E-state index in [9.17, 15) is 4.79 Å². The summed E-state index contributed by atoms with van der Waals surface area (Å²) < 4.78 is 11.2. The summed E-state index contributed by atoms with van der Waals surface area (Å²) in [5, 5.41) is 3.54. The zero-order valence-corrected chi connectivity index (χ0v) is 14.9. The summed E-state index contributed by atoms with van der Waals surface area (Å²) in [5.41, 5.74) is 1.62. The van der Waals surface area contributed by atoms with E-state index in [1.165, 1.54) is 0 Å². The van der Waals surface area contributed by atoms with E-state index in [0.717, 1.165) is 11.3 Å². The number of hydrogen-bond donors (Lipinski definition) is 1. The lowest BCUT2D eigenvalue weighted by atomic mass is 10.2. The summed E-state index contributed by atoms with van der Waals surface area (Å²) in [5.74, 6) is 1.22. The van der Waals surface area contributed by atoms with Crippen molar-refractivity contribution in [3.63, 3.8) is 0 Å². The lowest BCUT2D eigenvalue weighted by molar-refractivity contribution is -0.122. The molecule has 0 aliphatic rings. The molecule has 1 N–H and O–H groups in total. The van der Waals surface area contributed by atoms with Gasteiger partial charge in [-0.1, -0.05) is 18.5 Å². The van der Waals surface area contributed by atoms with Gasteiger partial charge in [0.2, 0.25) is 0 Å². The molecule has 1 unspecified atom stereocenters. The predicted octanol–water partition coefficient (Wildman–Crippen LogP) is 4.84. The van der Waals surface area contributed by atoms with E-state index >= 15 is 0 Å². The van der Waals surface area contributed by atoms with Gasteiger partial charge in [0, 0.05) is 10.7 Å². The van der Waals surface area contributed by atoms with Gasteiger partial charge in [0.25, 0.3) is 5.91 Å². The molecule has 0 fully saturated rings. The highest BCUT2D eigenvalue weighted by Crippen LogP contribution is 2.23. The van der Waals surface area contributed by atoms with Crippen molar-refractivity contribution in [2.24, 2.45) is 0 Å².